The van der Waals surface area contributed by atoms with Crippen LogP contribution >= 0.6 is 0 Å². The van der Waals surface area contributed by atoms with Gasteiger partial charge in [0.2, 0.25) is 0 Å². The largest absolute Gasteiger partial charge is 0.466 e. The van der Waals surface area contributed by atoms with Gasteiger partial charge in [0, 0.05) is 13.6 Å². The van der Waals surface area contributed by atoms with Gasteiger partial charge in [-0.2, -0.15) is 0 Å². The van der Waals surface area contributed by atoms with Gasteiger partial charge in [0.15, 0.2) is 0 Å². The zero-order valence-electron chi connectivity index (χ0n) is 12.1. The van der Waals surface area contributed by atoms with Crippen molar-refractivity contribution in [1.29, 1.82) is 0 Å². The lowest BCUT2D eigenvalue weighted by Gasteiger charge is -2.19. The first-order valence-electron chi connectivity index (χ1n) is 6.82. The average molecular weight is 262 g/mol. The van der Waals surface area contributed by atoms with Crippen molar-refractivity contribution in [2.75, 3.05) is 30.8 Å². The third kappa shape index (κ3) is 2.39. The van der Waals surface area contributed by atoms with E-state index in [1.54, 1.807) is 0 Å². The fraction of sp³-hybridized carbons (Fsp3) is 0.533. The van der Waals surface area contributed by atoms with E-state index >= 15 is 0 Å². The Morgan fingerprint density at radius 3 is 2.74 bits per heavy atom. The minimum atomic E-state index is -0.151. The first-order valence-corrected chi connectivity index (χ1v) is 6.82. The second-order valence-corrected chi connectivity index (χ2v) is 4.87. The molecule has 104 valence electrons. The molecule has 19 heavy (non-hydrogen) atoms. The summed E-state index contributed by atoms with van der Waals surface area (Å²) in [5.41, 5.74) is 7.10. The molecular formula is C15H22N2O2. The van der Waals surface area contributed by atoms with Gasteiger partial charge in [0.25, 0.3) is 0 Å². The number of hydrogen-bond acceptors (Lipinski definition) is 4. The summed E-state index contributed by atoms with van der Waals surface area (Å²) in [6.45, 7) is 7.40. The number of benzene rings is 1. The van der Waals surface area contributed by atoms with E-state index in [1.165, 1.54) is 16.8 Å². The molecule has 0 saturated carbocycles. The van der Waals surface area contributed by atoms with E-state index in [1.807, 2.05) is 14.0 Å². The third-order valence-corrected chi connectivity index (χ3v) is 3.84. The van der Waals surface area contributed by atoms with Crippen LogP contribution in [-0.4, -0.2) is 26.2 Å². The molecule has 0 aromatic heterocycles. The summed E-state index contributed by atoms with van der Waals surface area (Å²) in [4.78, 5) is 11.8. The van der Waals surface area contributed by atoms with Crippen LogP contribution in [0.5, 0.6) is 0 Å². The van der Waals surface area contributed by atoms with E-state index in [0.29, 0.717) is 13.0 Å². The van der Waals surface area contributed by atoms with Crippen molar-refractivity contribution in [3.8, 4) is 0 Å². The number of anilines is 2. The summed E-state index contributed by atoms with van der Waals surface area (Å²) in [5.74, 6) is -0.151. The molecule has 0 atom stereocenters. The fourth-order valence-corrected chi connectivity index (χ4v) is 2.89. The number of ether oxygens (including phenoxy) is 1. The van der Waals surface area contributed by atoms with Crippen molar-refractivity contribution in [3.05, 3.63) is 22.3 Å². The Balaban J connectivity index is 2.46. The first kappa shape index (κ1) is 13.7. The molecule has 4 nitrogen and oxygen atoms in total. The molecule has 4 heteroatoms. The second kappa shape index (κ2) is 5.51. The maximum atomic E-state index is 11.8. The van der Waals surface area contributed by atoms with Gasteiger partial charge in [-0.1, -0.05) is 0 Å². The van der Waals surface area contributed by atoms with E-state index in [2.05, 4.69) is 24.5 Å². The zero-order chi connectivity index (χ0) is 14.0. The summed E-state index contributed by atoms with van der Waals surface area (Å²) in [5, 5.41) is 6.68. The molecule has 1 aromatic rings. The highest BCUT2D eigenvalue weighted by atomic mass is 16.5. The van der Waals surface area contributed by atoms with Gasteiger partial charge in [-0.3, -0.25) is 4.79 Å². The minimum Gasteiger partial charge on any atom is -0.466 e. The van der Waals surface area contributed by atoms with Gasteiger partial charge in [0.05, 0.1) is 24.4 Å². The van der Waals surface area contributed by atoms with Crippen molar-refractivity contribution in [1.82, 2.24) is 0 Å². The van der Waals surface area contributed by atoms with Gasteiger partial charge >= 0.3 is 5.97 Å². The average Bonchev–Trinajstić information content (AvgIpc) is 2.85. The highest BCUT2D eigenvalue weighted by molar-refractivity contribution is 5.83. The van der Waals surface area contributed by atoms with Crippen LogP contribution in [0.4, 0.5) is 11.4 Å². The van der Waals surface area contributed by atoms with Crippen LogP contribution in [0.3, 0.4) is 0 Å². The molecular weight excluding hydrogens is 240 g/mol. The molecule has 0 fully saturated rings. The van der Waals surface area contributed by atoms with Gasteiger partial charge in [0.1, 0.15) is 0 Å². The van der Waals surface area contributed by atoms with Crippen LogP contribution in [0, 0.1) is 13.8 Å². The molecule has 1 aliphatic heterocycles. The Labute approximate surface area is 114 Å². The quantitative estimate of drug-likeness (QED) is 0.818. The standard InChI is InChI=1S/C15H22N2O2/c1-5-19-13(18)8-12-9(2)11-6-7-17-15(11)14(16-4)10(12)3/h16-17H,5-8H2,1-4H3. The first-order chi connectivity index (χ1) is 9.10. The Morgan fingerprint density at radius 2 is 2.11 bits per heavy atom. The van der Waals surface area contributed by atoms with Crippen molar-refractivity contribution >= 4 is 17.3 Å². The fourth-order valence-electron chi connectivity index (χ4n) is 2.89. The number of carbonyl (C=O) groups excluding carboxylic acids is 1. The van der Waals surface area contributed by atoms with Crippen LogP contribution in [0.25, 0.3) is 0 Å². The molecule has 0 unspecified atom stereocenters. The van der Waals surface area contributed by atoms with E-state index in [-0.39, 0.29) is 5.97 Å². The predicted molar refractivity (Wildman–Crippen MR) is 78.0 cm³/mol. The molecule has 1 aromatic carbocycles. The second-order valence-electron chi connectivity index (χ2n) is 4.87. The highest BCUT2D eigenvalue weighted by Gasteiger charge is 2.23. The van der Waals surface area contributed by atoms with E-state index in [9.17, 15) is 4.79 Å². The lowest BCUT2D eigenvalue weighted by Crippen LogP contribution is -2.12. The number of rotatable bonds is 4. The number of esters is 1. The molecule has 2 rings (SSSR count). The van der Waals surface area contributed by atoms with Crippen molar-refractivity contribution < 1.29 is 9.53 Å². The molecule has 1 heterocycles. The molecule has 1 aliphatic rings. The maximum Gasteiger partial charge on any atom is 0.310 e. The Hall–Kier alpha value is -1.71. The highest BCUT2D eigenvalue weighted by Crippen LogP contribution is 2.39. The lowest BCUT2D eigenvalue weighted by molar-refractivity contribution is -0.142. The molecule has 0 radical (unpaired) electrons. The van der Waals surface area contributed by atoms with Gasteiger partial charge in [-0.15, -0.1) is 0 Å². The molecule has 0 amide bonds. The normalized spacial score (nSPS) is 12.8. The third-order valence-electron chi connectivity index (χ3n) is 3.84. The van der Waals surface area contributed by atoms with Crippen molar-refractivity contribution in [2.45, 2.75) is 33.6 Å². The summed E-state index contributed by atoms with van der Waals surface area (Å²) in [6, 6.07) is 0. The van der Waals surface area contributed by atoms with E-state index in [0.717, 1.165) is 29.8 Å². The molecule has 2 N–H and O–H groups in total. The van der Waals surface area contributed by atoms with Crippen LogP contribution in [0.15, 0.2) is 0 Å². The summed E-state index contributed by atoms with van der Waals surface area (Å²) in [6.07, 6.45) is 1.37. The molecule has 0 aliphatic carbocycles. The van der Waals surface area contributed by atoms with Crippen LogP contribution in [-0.2, 0) is 22.4 Å². The van der Waals surface area contributed by atoms with Gasteiger partial charge in [-0.25, -0.2) is 0 Å². The van der Waals surface area contributed by atoms with E-state index in [4.69, 9.17) is 4.74 Å². The topological polar surface area (TPSA) is 50.4 Å². The number of hydrogen-bond donors (Lipinski definition) is 2. The smallest absolute Gasteiger partial charge is 0.310 e. The van der Waals surface area contributed by atoms with Crippen LogP contribution in [0.2, 0.25) is 0 Å². The minimum absolute atomic E-state index is 0.151. The van der Waals surface area contributed by atoms with Gasteiger partial charge in [-0.05, 0) is 49.4 Å². The van der Waals surface area contributed by atoms with Crippen molar-refractivity contribution in [2.24, 2.45) is 0 Å². The SMILES string of the molecule is CCOC(=O)Cc1c(C)c2c(c(NC)c1C)NCC2. The Kier molecular flexibility index (Phi) is 3.98. The van der Waals surface area contributed by atoms with Gasteiger partial charge < -0.3 is 15.4 Å². The number of fused-ring (bicyclic) bond motifs is 1. The number of carbonyl (C=O) groups is 1. The zero-order valence-corrected chi connectivity index (χ0v) is 12.1. The van der Waals surface area contributed by atoms with E-state index < -0.39 is 0 Å². The van der Waals surface area contributed by atoms with Crippen molar-refractivity contribution in [3.63, 3.8) is 0 Å². The molecule has 0 saturated heterocycles. The number of nitrogens with one attached hydrogen (secondary N) is 2. The predicted octanol–water partition coefficient (Wildman–Crippen LogP) is 2.42. The molecule has 0 spiro atoms. The Bertz CT molecular complexity index is 510. The van der Waals surface area contributed by atoms with Crippen LogP contribution in [0.1, 0.15) is 29.2 Å². The monoisotopic (exact) mass is 262 g/mol. The van der Waals surface area contributed by atoms with Crippen LogP contribution < -0.4 is 10.6 Å². The summed E-state index contributed by atoms with van der Waals surface area (Å²) in [7, 11) is 1.92. The molecule has 0 bridgehead atoms. The maximum absolute atomic E-state index is 11.8. The summed E-state index contributed by atoms with van der Waals surface area (Å²) < 4.78 is 5.07. The Morgan fingerprint density at radius 1 is 1.37 bits per heavy atom. The lowest BCUT2D eigenvalue weighted by atomic mass is 9.92. The summed E-state index contributed by atoms with van der Waals surface area (Å²) >= 11 is 0.